The van der Waals surface area contributed by atoms with E-state index in [4.69, 9.17) is 15.2 Å². The summed E-state index contributed by atoms with van der Waals surface area (Å²) in [5.74, 6) is 0.989. The summed E-state index contributed by atoms with van der Waals surface area (Å²) in [4.78, 5) is 12.1. The molecule has 0 radical (unpaired) electrons. The van der Waals surface area contributed by atoms with E-state index in [9.17, 15) is 4.79 Å². The highest BCUT2D eigenvalue weighted by molar-refractivity contribution is 5.85. The molecular weight excluding hydrogens is 362 g/mol. The summed E-state index contributed by atoms with van der Waals surface area (Å²) < 4.78 is 11.1. The molecular formula is C22H30ClNO3. The van der Waals surface area contributed by atoms with Gasteiger partial charge < -0.3 is 15.2 Å². The molecule has 5 heteroatoms. The molecule has 0 heterocycles. The van der Waals surface area contributed by atoms with Gasteiger partial charge in [0.2, 0.25) is 6.79 Å². The molecule has 2 N–H and O–H groups in total. The van der Waals surface area contributed by atoms with Crippen LogP contribution < -0.4 is 10.5 Å². The SMILES string of the molecule is CC(C)c1cccc(C(C)C)c1OCOC(=O)C(N)Cc1ccccc1.Cl. The van der Waals surface area contributed by atoms with Crippen molar-refractivity contribution < 1.29 is 14.3 Å². The van der Waals surface area contributed by atoms with Gasteiger partial charge in [0.25, 0.3) is 0 Å². The molecule has 0 bridgehead atoms. The Labute approximate surface area is 168 Å². The molecule has 0 saturated heterocycles. The first-order valence-electron chi connectivity index (χ1n) is 9.11. The molecule has 0 aliphatic rings. The van der Waals surface area contributed by atoms with E-state index in [1.165, 1.54) is 0 Å². The minimum atomic E-state index is -0.703. The Morgan fingerprint density at radius 3 is 2.00 bits per heavy atom. The van der Waals surface area contributed by atoms with E-state index in [-0.39, 0.29) is 19.2 Å². The monoisotopic (exact) mass is 391 g/mol. The fourth-order valence-electron chi connectivity index (χ4n) is 2.85. The second-order valence-corrected chi connectivity index (χ2v) is 7.10. The number of hydrogen-bond donors (Lipinski definition) is 1. The summed E-state index contributed by atoms with van der Waals surface area (Å²) in [6, 6.07) is 15.1. The van der Waals surface area contributed by atoms with Crippen LogP contribution in [0.2, 0.25) is 0 Å². The Hall–Kier alpha value is -2.04. The maximum Gasteiger partial charge on any atom is 0.326 e. The number of para-hydroxylation sites is 1. The average Bonchev–Trinajstić information content (AvgIpc) is 2.62. The number of esters is 1. The Kier molecular flexibility index (Phi) is 9.33. The van der Waals surface area contributed by atoms with Crippen molar-refractivity contribution in [2.24, 2.45) is 5.73 Å². The van der Waals surface area contributed by atoms with E-state index < -0.39 is 12.0 Å². The summed E-state index contributed by atoms with van der Waals surface area (Å²) in [6.45, 7) is 8.34. The third-order valence-electron chi connectivity index (χ3n) is 4.33. The van der Waals surface area contributed by atoms with Crippen LogP contribution in [0.5, 0.6) is 5.75 Å². The third-order valence-corrected chi connectivity index (χ3v) is 4.33. The highest BCUT2D eigenvalue weighted by Gasteiger charge is 2.18. The van der Waals surface area contributed by atoms with E-state index >= 15 is 0 Å². The Bertz CT molecular complexity index is 691. The minimum Gasteiger partial charge on any atom is -0.457 e. The lowest BCUT2D eigenvalue weighted by Gasteiger charge is -2.20. The normalized spacial score (nSPS) is 11.8. The standard InChI is InChI=1S/C22H29NO3.ClH/c1-15(2)18-11-8-12-19(16(3)4)21(18)25-14-26-22(24)20(23)13-17-9-6-5-7-10-17;/h5-12,15-16,20H,13-14,23H2,1-4H3;1H. The largest absolute Gasteiger partial charge is 0.457 e. The molecule has 2 rings (SSSR count). The van der Waals surface area contributed by atoms with Crippen molar-refractivity contribution in [3.05, 3.63) is 65.2 Å². The molecule has 27 heavy (non-hydrogen) atoms. The lowest BCUT2D eigenvalue weighted by atomic mass is 9.94. The van der Waals surface area contributed by atoms with Gasteiger partial charge in [-0.1, -0.05) is 76.2 Å². The van der Waals surface area contributed by atoms with Gasteiger partial charge in [-0.2, -0.15) is 0 Å². The van der Waals surface area contributed by atoms with Gasteiger partial charge in [-0.15, -0.1) is 12.4 Å². The number of carbonyl (C=O) groups excluding carboxylic acids is 1. The van der Waals surface area contributed by atoms with Crippen LogP contribution in [0.15, 0.2) is 48.5 Å². The zero-order chi connectivity index (χ0) is 19.1. The number of nitrogens with two attached hydrogens (primary N) is 1. The summed E-state index contributed by atoms with van der Waals surface area (Å²) in [7, 11) is 0. The van der Waals surface area contributed by atoms with E-state index in [1.807, 2.05) is 36.4 Å². The van der Waals surface area contributed by atoms with Gasteiger partial charge in [-0.3, -0.25) is 4.79 Å². The van der Waals surface area contributed by atoms with E-state index in [0.29, 0.717) is 18.3 Å². The molecule has 0 amide bonds. The van der Waals surface area contributed by atoms with Crippen LogP contribution in [0.1, 0.15) is 56.2 Å². The van der Waals surface area contributed by atoms with E-state index in [2.05, 4.69) is 39.8 Å². The molecule has 148 valence electrons. The van der Waals surface area contributed by atoms with E-state index in [0.717, 1.165) is 22.4 Å². The Morgan fingerprint density at radius 1 is 0.926 bits per heavy atom. The molecule has 2 aromatic rings. The number of rotatable bonds is 8. The molecule has 0 aliphatic carbocycles. The van der Waals surface area contributed by atoms with Crippen LogP contribution in [0, 0.1) is 0 Å². The second kappa shape index (κ2) is 11.0. The summed E-state index contributed by atoms with van der Waals surface area (Å²) in [6.07, 6.45) is 0.444. The van der Waals surface area contributed by atoms with Crippen LogP contribution in [-0.2, 0) is 16.0 Å². The van der Waals surface area contributed by atoms with Crippen molar-refractivity contribution in [3.8, 4) is 5.75 Å². The summed E-state index contributed by atoms with van der Waals surface area (Å²) >= 11 is 0. The summed E-state index contributed by atoms with van der Waals surface area (Å²) in [5, 5.41) is 0. The molecule has 0 aromatic heterocycles. The first-order chi connectivity index (χ1) is 12.4. The maximum atomic E-state index is 12.1. The quantitative estimate of drug-likeness (QED) is 0.518. The maximum absolute atomic E-state index is 12.1. The molecule has 0 fully saturated rings. The van der Waals surface area contributed by atoms with Crippen LogP contribution in [0.4, 0.5) is 0 Å². The van der Waals surface area contributed by atoms with Crippen LogP contribution >= 0.6 is 12.4 Å². The zero-order valence-electron chi connectivity index (χ0n) is 16.5. The Balaban J connectivity index is 0.00000364. The van der Waals surface area contributed by atoms with Gasteiger partial charge in [0.15, 0.2) is 0 Å². The molecule has 1 unspecified atom stereocenters. The first kappa shape index (κ1) is 23.0. The van der Waals surface area contributed by atoms with Crippen LogP contribution in [-0.4, -0.2) is 18.8 Å². The molecule has 2 aromatic carbocycles. The lowest BCUT2D eigenvalue weighted by Crippen LogP contribution is -2.35. The van der Waals surface area contributed by atoms with Gasteiger partial charge in [0.1, 0.15) is 11.8 Å². The topological polar surface area (TPSA) is 61.5 Å². The number of ether oxygens (including phenoxy) is 2. The minimum absolute atomic E-state index is 0. The highest BCUT2D eigenvalue weighted by Crippen LogP contribution is 2.34. The molecule has 0 saturated carbocycles. The number of halogens is 1. The predicted octanol–water partition coefficient (Wildman–Crippen LogP) is 4.80. The average molecular weight is 392 g/mol. The second-order valence-electron chi connectivity index (χ2n) is 7.10. The van der Waals surface area contributed by atoms with Crippen molar-refractivity contribution in [1.29, 1.82) is 0 Å². The van der Waals surface area contributed by atoms with Crippen molar-refractivity contribution in [2.75, 3.05) is 6.79 Å². The number of hydrogen-bond acceptors (Lipinski definition) is 4. The third kappa shape index (κ3) is 6.56. The summed E-state index contributed by atoms with van der Waals surface area (Å²) in [5.41, 5.74) is 9.18. The molecule has 0 aliphatic heterocycles. The molecule has 1 atom stereocenters. The zero-order valence-corrected chi connectivity index (χ0v) is 17.3. The Morgan fingerprint density at radius 2 is 1.48 bits per heavy atom. The number of benzene rings is 2. The van der Waals surface area contributed by atoms with Gasteiger partial charge in [-0.05, 0) is 34.9 Å². The molecule has 4 nitrogen and oxygen atoms in total. The smallest absolute Gasteiger partial charge is 0.326 e. The van der Waals surface area contributed by atoms with Gasteiger partial charge in [0, 0.05) is 0 Å². The van der Waals surface area contributed by atoms with Gasteiger partial charge in [-0.25, -0.2) is 0 Å². The van der Waals surface area contributed by atoms with Gasteiger partial charge >= 0.3 is 5.97 Å². The lowest BCUT2D eigenvalue weighted by molar-refractivity contribution is -0.151. The van der Waals surface area contributed by atoms with Crippen molar-refractivity contribution >= 4 is 18.4 Å². The van der Waals surface area contributed by atoms with Crippen LogP contribution in [0.25, 0.3) is 0 Å². The fraction of sp³-hybridized carbons (Fsp3) is 0.409. The van der Waals surface area contributed by atoms with Crippen molar-refractivity contribution in [1.82, 2.24) is 0 Å². The van der Waals surface area contributed by atoms with Crippen LogP contribution in [0.3, 0.4) is 0 Å². The fourth-order valence-corrected chi connectivity index (χ4v) is 2.85. The molecule has 0 spiro atoms. The first-order valence-corrected chi connectivity index (χ1v) is 9.11. The van der Waals surface area contributed by atoms with Crippen molar-refractivity contribution in [2.45, 2.75) is 52.0 Å². The highest BCUT2D eigenvalue weighted by atomic mass is 35.5. The van der Waals surface area contributed by atoms with E-state index in [1.54, 1.807) is 0 Å². The van der Waals surface area contributed by atoms with Crippen molar-refractivity contribution in [3.63, 3.8) is 0 Å². The predicted molar refractivity (Wildman–Crippen MR) is 112 cm³/mol. The number of carbonyl (C=O) groups is 1. The van der Waals surface area contributed by atoms with Gasteiger partial charge in [0.05, 0.1) is 0 Å².